The van der Waals surface area contributed by atoms with Crippen LogP contribution in [0.25, 0.3) is 0 Å². The molecular formula is C14H22N2O. The molecule has 0 saturated carbocycles. The molecule has 0 aliphatic carbocycles. The van der Waals surface area contributed by atoms with Crippen molar-refractivity contribution in [3.8, 4) is 0 Å². The first kappa shape index (κ1) is 13.6. The Morgan fingerprint density at radius 2 is 1.82 bits per heavy atom. The second-order valence-corrected chi connectivity index (χ2v) is 4.56. The molecule has 2 N–H and O–H groups in total. The van der Waals surface area contributed by atoms with Crippen molar-refractivity contribution in [3.63, 3.8) is 0 Å². The average molecular weight is 234 g/mol. The molecule has 1 aromatic carbocycles. The van der Waals surface area contributed by atoms with E-state index in [1.807, 2.05) is 31.3 Å². The van der Waals surface area contributed by atoms with Crippen LogP contribution in [-0.2, 0) is 0 Å². The quantitative estimate of drug-likeness (QED) is 0.822. The largest absolute Gasteiger partial charge is 0.388 e. The summed E-state index contributed by atoms with van der Waals surface area (Å²) in [5.41, 5.74) is 1.72. The number of nitrogens with one attached hydrogen (secondary N) is 2. The van der Waals surface area contributed by atoms with Gasteiger partial charge in [0.2, 0.25) is 0 Å². The molecule has 0 aromatic heterocycles. The van der Waals surface area contributed by atoms with Crippen LogP contribution in [0, 0.1) is 5.92 Å². The van der Waals surface area contributed by atoms with Crippen LogP contribution in [0.4, 0.5) is 5.69 Å². The van der Waals surface area contributed by atoms with Crippen LogP contribution in [0.3, 0.4) is 0 Å². The third-order valence-corrected chi connectivity index (χ3v) is 3.00. The Balaban J connectivity index is 2.68. The number of hydrogen-bond donors (Lipinski definition) is 2. The molecule has 0 fully saturated rings. The molecule has 1 atom stereocenters. The van der Waals surface area contributed by atoms with Gasteiger partial charge in [-0.3, -0.25) is 4.79 Å². The molecule has 0 bridgehead atoms. The van der Waals surface area contributed by atoms with Crippen LogP contribution >= 0.6 is 0 Å². The standard InChI is InChI=1S/C14H22N2O/c1-5-13(10(2)3)16-14(17)11-6-8-12(15-4)9-7-11/h6-10,13,15H,5H2,1-4H3,(H,16,17). The van der Waals surface area contributed by atoms with E-state index in [9.17, 15) is 4.79 Å². The molecule has 94 valence electrons. The average Bonchev–Trinajstić information content (AvgIpc) is 2.35. The summed E-state index contributed by atoms with van der Waals surface area (Å²) in [6.45, 7) is 6.34. The highest BCUT2D eigenvalue weighted by atomic mass is 16.1. The van der Waals surface area contributed by atoms with Gasteiger partial charge in [-0.2, -0.15) is 0 Å². The zero-order valence-corrected chi connectivity index (χ0v) is 11.1. The fourth-order valence-corrected chi connectivity index (χ4v) is 1.78. The highest BCUT2D eigenvalue weighted by molar-refractivity contribution is 5.94. The highest BCUT2D eigenvalue weighted by Crippen LogP contribution is 2.10. The summed E-state index contributed by atoms with van der Waals surface area (Å²) in [6, 6.07) is 7.74. The Kier molecular flexibility index (Phi) is 5.01. The molecular weight excluding hydrogens is 212 g/mol. The second-order valence-electron chi connectivity index (χ2n) is 4.56. The SMILES string of the molecule is CCC(NC(=O)c1ccc(NC)cc1)C(C)C. The number of carbonyl (C=O) groups is 1. The summed E-state index contributed by atoms with van der Waals surface area (Å²) in [6.07, 6.45) is 0.956. The number of hydrogen-bond acceptors (Lipinski definition) is 2. The van der Waals surface area contributed by atoms with E-state index in [1.54, 1.807) is 0 Å². The van der Waals surface area contributed by atoms with Gasteiger partial charge < -0.3 is 10.6 Å². The van der Waals surface area contributed by atoms with Crippen molar-refractivity contribution >= 4 is 11.6 Å². The lowest BCUT2D eigenvalue weighted by molar-refractivity contribution is 0.0924. The molecule has 0 aliphatic rings. The molecule has 3 nitrogen and oxygen atoms in total. The number of benzene rings is 1. The lowest BCUT2D eigenvalue weighted by Crippen LogP contribution is -2.37. The lowest BCUT2D eigenvalue weighted by atomic mass is 10.0. The van der Waals surface area contributed by atoms with E-state index in [0.29, 0.717) is 11.5 Å². The molecule has 1 aromatic rings. The van der Waals surface area contributed by atoms with E-state index in [4.69, 9.17) is 0 Å². The van der Waals surface area contributed by atoms with Crippen molar-refractivity contribution in [2.75, 3.05) is 12.4 Å². The smallest absolute Gasteiger partial charge is 0.251 e. The van der Waals surface area contributed by atoms with E-state index in [1.165, 1.54) is 0 Å². The van der Waals surface area contributed by atoms with Gasteiger partial charge in [-0.1, -0.05) is 20.8 Å². The zero-order chi connectivity index (χ0) is 12.8. The highest BCUT2D eigenvalue weighted by Gasteiger charge is 2.14. The maximum atomic E-state index is 12.0. The second kappa shape index (κ2) is 6.28. The van der Waals surface area contributed by atoms with Gasteiger partial charge in [-0.05, 0) is 36.6 Å². The van der Waals surface area contributed by atoms with Crippen LogP contribution in [0.2, 0.25) is 0 Å². The number of carbonyl (C=O) groups excluding carboxylic acids is 1. The maximum Gasteiger partial charge on any atom is 0.251 e. The van der Waals surface area contributed by atoms with E-state index in [-0.39, 0.29) is 11.9 Å². The summed E-state index contributed by atoms with van der Waals surface area (Å²) in [5, 5.41) is 6.09. The Morgan fingerprint density at radius 1 is 1.24 bits per heavy atom. The Morgan fingerprint density at radius 3 is 2.24 bits per heavy atom. The van der Waals surface area contributed by atoms with E-state index >= 15 is 0 Å². The van der Waals surface area contributed by atoms with Gasteiger partial charge >= 0.3 is 0 Å². The van der Waals surface area contributed by atoms with Crippen molar-refractivity contribution in [1.29, 1.82) is 0 Å². The van der Waals surface area contributed by atoms with Gasteiger partial charge in [0, 0.05) is 24.3 Å². The van der Waals surface area contributed by atoms with E-state index in [2.05, 4.69) is 31.4 Å². The summed E-state index contributed by atoms with van der Waals surface area (Å²) in [4.78, 5) is 12.0. The van der Waals surface area contributed by atoms with Gasteiger partial charge in [-0.25, -0.2) is 0 Å². The molecule has 0 aliphatic heterocycles. The minimum Gasteiger partial charge on any atom is -0.388 e. The van der Waals surface area contributed by atoms with Gasteiger partial charge in [-0.15, -0.1) is 0 Å². The predicted molar refractivity (Wildman–Crippen MR) is 72.4 cm³/mol. The molecule has 17 heavy (non-hydrogen) atoms. The number of amides is 1. The third kappa shape index (κ3) is 3.77. The summed E-state index contributed by atoms with van der Waals surface area (Å²) in [7, 11) is 1.86. The van der Waals surface area contributed by atoms with Crippen molar-refractivity contribution in [3.05, 3.63) is 29.8 Å². The van der Waals surface area contributed by atoms with Crippen LogP contribution in [0.15, 0.2) is 24.3 Å². The Bertz CT molecular complexity index is 357. The third-order valence-electron chi connectivity index (χ3n) is 3.00. The van der Waals surface area contributed by atoms with E-state index in [0.717, 1.165) is 12.1 Å². The number of rotatable bonds is 5. The predicted octanol–water partition coefficient (Wildman–Crippen LogP) is 2.89. The summed E-state index contributed by atoms with van der Waals surface area (Å²) in [5.74, 6) is 0.466. The zero-order valence-electron chi connectivity index (χ0n) is 11.1. The first-order valence-electron chi connectivity index (χ1n) is 6.17. The van der Waals surface area contributed by atoms with Crippen LogP contribution in [0.5, 0.6) is 0 Å². The lowest BCUT2D eigenvalue weighted by Gasteiger charge is -2.20. The summed E-state index contributed by atoms with van der Waals surface area (Å²) < 4.78 is 0. The molecule has 3 heteroatoms. The maximum absolute atomic E-state index is 12.0. The first-order valence-corrected chi connectivity index (χ1v) is 6.17. The topological polar surface area (TPSA) is 41.1 Å². The normalized spacial score (nSPS) is 12.3. The monoisotopic (exact) mass is 234 g/mol. The van der Waals surface area contributed by atoms with Crippen LogP contribution in [-0.4, -0.2) is 19.0 Å². The molecule has 1 rings (SSSR count). The fraction of sp³-hybridized carbons (Fsp3) is 0.500. The molecule has 0 radical (unpaired) electrons. The molecule has 0 heterocycles. The minimum atomic E-state index is 0.00760. The molecule has 0 saturated heterocycles. The van der Waals surface area contributed by atoms with E-state index < -0.39 is 0 Å². The van der Waals surface area contributed by atoms with Gasteiger partial charge in [0.1, 0.15) is 0 Å². The first-order chi connectivity index (χ1) is 8.08. The van der Waals surface area contributed by atoms with Gasteiger partial charge in [0.25, 0.3) is 5.91 Å². The molecule has 1 unspecified atom stereocenters. The summed E-state index contributed by atoms with van der Waals surface area (Å²) >= 11 is 0. The molecule has 1 amide bonds. The van der Waals surface area contributed by atoms with Crippen molar-refractivity contribution in [2.45, 2.75) is 33.2 Å². The fourth-order valence-electron chi connectivity index (χ4n) is 1.78. The van der Waals surface area contributed by atoms with Gasteiger partial charge in [0.15, 0.2) is 0 Å². The molecule has 0 spiro atoms. The van der Waals surface area contributed by atoms with Crippen LogP contribution < -0.4 is 10.6 Å². The van der Waals surface area contributed by atoms with Crippen molar-refractivity contribution in [2.24, 2.45) is 5.92 Å². The van der Waals surface area contributed by atoms with Crippen LogP contribution in [0.1, 0.15) is 37.6 Å². The Labute approximate surface area is 104 Å². The van der Waals surface area contributed by atoms with Crippen molar-refractivity contribution in [1.82, 2.24) is 5.32 Å². The number of anilines is 1. The van der Waals surface area contributed by atoms with Crippen molar-refractivity contribution < 1.29 is 4.79 Å². The van der Waals surface area contributed by atoms with Gasteiger partial charge in [0.05, 0.1) is 0 Å². The minimum absolute atomic E-state index is 0.00760. The Hall–Kier alpha value is -1.51.